The molecule has 0 amide bonds. The summed E-state index contributed by atoms with van der Waals surface area (Å²) in [6, 6.07) is 11.1. The number of hydrogen-bond donors (Lipinski definition) is 1. The summed E-state index contributed by atoms with van der Waals surface area (Å²) in [5.74, 6) is 0.552. The van der Waals surface area contributed by atoms with Crippen molar-refractivity contribution in [3.8, 4) is 17.2 Å². The van der Waals surface area contributed by atoms with Gasteiger partial charge in [0, 0.05) is 0 Å². The molecule has 0 aromatic heterocycles. The minimum absolute atomic E-state index is 0.0615. The van der Waals surface area contributed by atoms with Gasteiger partial charge in [-0.25, -0.2) is 0 Å². The summed E-state index contributed by atoms with van der Waals surface area (Å²) >= 11 is 0. The van der Waals surface area contributed by atoms with Gasteiger partial charge >= 0.3 is 0 Å². The lowest BCUT2D eigenvalue weighted by Gasteiger charge is -2.26. The quantitative estimate of drug-likeness (QED) is 0.863. The molecule has 1 heterocycles. The Balaban J connectivity index is 1.67. The van der Waals surface area contributed by atoms with Gasteiger partial charge in [0.25, 0.3) is 10.1 Å². The number of hydrogen-bond acceptors (Lipinski definition) is 6. The van der Waals surface area contributed by atoms with Crippen molar-refractivity contribution in [2.45, 2.75) is 17.9 Å². The van der Waals surface area contributed by atoms with E-state index in [0.29, 0.717) is 5.75 Å². The molecule has 1 atom stereocenters. The topological polar surface area (TPSA) is 82.1 Å². The first-order chi connectivity index (χ1) is 11.0. The maximum absolute atomic E-state index is 12.1. The van der Waals surface area contributed by atoms with Gasteiger partial charge in [-0.1, -0.05) is 23.8 Å². The zero-order chi connectivity index (χ0) is 16.4. The van der Waals surface area contributed by atoms with E-state index in [2.05, 4.69) is 0 Å². The summed E-state index contributed by atoms with van der Waals surface area (Å²) < 4.78 is 40.3. The van der Waals surface area contributed by atoms with Crippen LogP contribution in [0.2, 0.25) is 0 Å². The van der Waals surface area contributed by atoms with Crippen LogP contribution in [0.25, 0.3) is 0 Å². The Hall–Kier alpha value is -2.25. The van der Waals surface area contributed by atoms with E-state index in [-0.39, 0.29) is 29.6 Å². The van der Waals surface area contributed by atoms with Crippen molar-refractivity contribution >= 4 is 10.1 Å². The fourth-order valence-corrected chi connectivity index (χ4v) is 3.08. The first-order valence-electron chi connectivity index (χ1n) is 7.03. The van der Waals surface area contributed by atoms with Crippen LogP contribution in [0.3, 0.4) is 0 Å². The van der Waals surface area contributed by atoms with E-state index in [0.717, 1.165) is 5.56 Å². The number of ether oxygens (including phenoxy) is 2. The maximum Gasteiger partial charge on any atom is 0.297 e. The molecule has 3 rings (SSSR count). The molecule has 1 N–H and O–H groups in total. The van der Waals surface area contributed by atoms with Crippen LogP contribution in [-0.4, -0.2) is 32.8 Å². The Morgan fingerprint density at radius 1 is 1.22 bits per heavy atom. The molecule has 1 aliphatic rings. The van der Waals surface area contributed by atoms with Crippen LogP contribution in [0, 0.1) is 6.92 Å². The summed E-state index contributed by atoms with van der Waals surface area (Å²) in [7, 11) is -3.86. The Bertz CT molecular complexity index is 798. The van der Waals surface area contributed by atoms with E-state index in [1.54, 1.807) is 24.3 Å². The molecular weight excluding hydrogens is 320 g/mol. The minimum Gasteiger partial charge on any atom is -0.504 e. The average Bonchev–Trinajstić information content (AvgIpc) is 2.54. The van der Waals surface area contributed by atoms with E-state index in [4.69, 9.17) is 13.7 Å². The van der Waals surface area contributed by atoms with Crippen molar-refractivity contribution in [1.29, 1.82) is 0 Å². The highest BCUT2D eigenvalue weighted by Crippen LogP contribution is 2.39. The van der Waals surface area contributed by atoms with Crippen molar-refractivity contribution in [3.63, 3.8) is 0 Å². The highest BCUT2D eigenvalue weighted by Gasteiger charge is 2.26. The second-order valence-corrected chi connectivity index (χ2v) is 6.82. The van der Waals surface area contributed by atoms with Crippen LogP contribution >= 0.6 is 0 Å². The molecule has 122 valence electrons. The number of benzene rings is 2. The summed E-state index contributed by atoms with van der Waals surface area (Å²) in [4.78, 5) is 0.0862. The van der Waals surface area contributed by atoms with Gasteiger partial charge in [0.2, 0.25) is 5.75 Å². The van der Waals surface area contributed by atoms with Crippen LogP contribution < -0.4 is 9.47 Å². The average molecular weight is 336 g/mol. The Kier molecular flexibility index (Phi) is 4.14. The van der Waals surface area contributed by atoms with Gasteiger partial charge < -0.3 is 14.6 Å². The number of phenolic OH excluding ortho intramolecular Hbond substituents is 1. The molecule has 1 unspecified atom stereocenters. The van der Waals surface area contributed by atoms with Gasteiger partial charge in [-0.3, -0.25) is 4.18 Å². The van der Waals surface area contributed by atoms with E-state index >= 15 is 0 Å². The number of aryl methyl sites for hydroxylation is 1. The Morgan fingerprint density at radius 3 is 2.70 bits per heavy atom. The summed E-state index contributed by atoms with van der Waals surface area (Å²) in [6.07, 6.45) is -0.629. The number of para-hydroxylation sites is 1. The molecule has 23 heavy (non-hydrogen) atoms. The van der Waals surface area contributed by atoms with Gasteiger partial charge in [0.1, 0.15) is 13.2 Å². The summed E-state index contributed by atoms with van der Waals surface area (Å²) in [5.41, 5.74) is 0.958. The van der Waals surface area contributed by atoms with Gasteiger partial charge in [-0.05, 0) is 31.2 Å². The number of aromatic hydroxyl groups is 1. The van der Waals surface area contributed by atoms with Crippen LogP contribution in [0.5, 0.6) is 17.2 Å². The largest absolute Gasteiger partial charge is 0.504 e. The molecule has 0 fully saturated rings. The van der Waals surface area contributed by atoms with Crippen LogP contribution in [0.1, 0.15) is 5.56 Å². The predicted molar refractivity (Wildman–Crippen MR) is 82.3 cm³/mol. The third-order valence-electron chi connectivity index (χ3n) is 3.39. The monoisotopic (exact) mass is 336 g/mol. The second-order valence-electron chi connectivity index (χ2n) is 5.21. The number of fused-ring (bicyclic) bond motifs is 1. The molecule has 2 aromatic rings. The molecule has 0 saturated carbocycles. The van der Waals surface area contributed by atoms with Gasteiger partial charge in [0.15, 0.2) is 17.6 Å². The fourth-order valence-electron chi connectivity index (χ4n) is 2.14. The van der Waals surface area contributed by atoms with Crippen LogP contribution in [0.15, 0.2) is 47.4 Å². The Labute approximate surface area is 134 Å². The lowest BCUT2D eigenvalue weighted by molar-refractivity contribution is 0.0527. The molecule has 0 aliphatic carbocycles. The molecule has 1 aliphatic heterocycles. The number of phenols is 1. The summed E-state index contributed by atoms with van der Waals surface area (Å²) in [5, 5.41) is 9.74. The van der Waals surface area contributed by atoms with E-state index in [1.807, 2.05) is 6.92 Å². The van der Waals surface area contributed by atoms with E-state index in [9.17, 15) is 13.5 Å². The van der Waals surface area contributed by atoms with Crippen molar-refractivity contribution in [2.75, 3.05) is 13.2 Å². The SMILES string of the molecule is Cc1ccc(S(=O)(=O)OCC2COc3cccc(O)c3O2)cc1. The van der Waals surface area contributed by atoms with Gasteiger partial charge in [-0.15, -0.1) is 0 Å². The maximum atomic E-state index is 12.1. The molecule has 0 saturated heterocycles. The van der Waals surface area contributed by atoms with E-state index in [1.165, 1.54) is 18.2 Å². The normalized spacial score (nSPS) is 17.0. The van der Waals surface area contributed by atoms with Gasteiger partial charge in [0.05, 0.1) is 4.90 Å². The molecule has 0 bridgehead atoms. The highest BCUT2D eigenvalue weighted by atomic mass is 32.2. The molecule has 2 aromatic carbocycles. The molecule has 0 radical (unpaired) electrons. The lowest BCUT2D eigenvalue weighted by atomic mass is 10.2. The molecule has 7 heteroatoms. The van der Waals surface area contributed by atoms with Crippen molar-refractivity contribution in [3.05, 3.63) is 48.0 Å². The third kappa shape index (κ3) is 3.40. The molecule has 6 nitrogen and oxygen atoms in total. The molecular formula is C16H16O6S. The predicted octanol–water partition coefficient (Wildman–Crippen LogP) is 2.25. The Morgan fingerprint density at radius 2 is 1.96 bits per heavy atom. The zero-order valence-corrected chi connectivity index (χ0v) is 13.2. The van der Waals surface area contributed by atoms with Gasteiger partial charge in [-0.2, -0.15) is 8.42 Å². The van der Waals surface area contributed by atoms with Crippen molar-refractivity contribution < 1.29 is 27.2 Å². The molecule has 0 spiro atoms. The first-order valence-corrected chi connectivity index (χ1v) is 8.44. The van der Waals surface area contributed by atoms with E-state index < -0.39 is 16.2 Å². The third-order valence-corrected chi connectivity index (χ3v) is 4.68. The first kappa shape index (κ1) is 15.6. The van der Waals surface area contributed by atoms with Crippen LogP contribution in [-0.2, 0) is 14.3 Å². The minimum atomic E-state index is -3.86. The fraction of sp³-hybridized carbons (Fsp3) is 0.250. The summed E-state index contributed by atoms with van der Waals surface area (Å²) in [6.45, 7) is 1.80. The lowest BCUT2D eigenvalue weighted by Crippen LogP contribution is -2.34. The zero-order valence-electron chi connectivity index (χ0n) is 12.4. The second kappa shape index (κ2) is 6.10. The van der Waals surface area contributed by atoms with Crippen LogP contribution in [0.4, 0.5) is 0 Å². The highest BCUT2D eigenvalue weighted by molar-refractivity contribution is 7.86. The smallest absolute Gasteiger partial charge is 0.297 e. The van der Waals surface area contributed by atoms with Crippen molar-refractivity contribution in [2.24, 2.45) is 0 Å². The van der Waals surface area contributed by atoms with Crippen molar-refractivity contribution in [1.82, 2.24) is 0 Å². The number of rotatable bonds is 4. The standard InChI is InChI=1S/C16H16O6S/c1-11-5-7-13(8-6-11)23(18,19)21-10-12-9-20-15-4-2-3-14(17)16(15)22-12/h2-8,12,17H,9-10H2,1H3.